The number of rotatable bonds is 5. The van der Waals surface area contributed by atoms with Gasteiger partial charge in [-0.25, -0.2) is 4.99 Å². The van der Waals surface area contributed by atoms with E-state index < -0.39 is 0 Å². The van der Waals surface area contributed by atoms with Crippen LogP contribution in [0.25, 0.3) is 0 Å². The van der Waals surface area contributed by atoms with Crippen LogP contribution in [0.4, 0.5) is 5.69 Å². The Bertz CT molecular complexity index is 597. The van der Waals surface area contributed by atoms with Crippen LogP contribution in [0.15, 0.2) is 47.4 Å². The molecule has 100 valence electrons. The summed E-state index contributed by atoms with van der Waals surface area (Å²) in [6.45, 7) is 8.96. The zero-order chi connectivity index (χ0) is 13.7. The summed E-state index contributed by atoms with van der Waals surface area (Å²) in [5.41, 5.74) is 3.78. The first-order valence-corrected chi connectivity index (χ1v) is 7.58. The molecule has 0 aliphatic carbocycles. The highest BCUT2D eigenvalue weighted by molar-refractivity contribution is 7.07. The summed E-state index contributed by atoms with van der Waals surface area (Å²) in [4.78, 5) is 5.93. The first kappa shape index (κ1) is 13.8. The second-order valence-corrected chi connectivity index (χ2v) is 5.24. The lowest BCUT2D eigenvalue weighted by Gasteiger charge is -2.08. The van der Waals surface area contributed by atoms with E-state index in [1.807, 2.05) is 6.08 Å². The van der Waals surface area contributed by atoms with Gasteiger partial charge in [-0.15, -0.1) is 17.9 Å². The molecule has 1 aromatic heterocycles. The molecule has 0 atom stereocenters. The molecule has 0 fully saturated rings. The lowest BCUT2D eigenvalue weighted by atomic mass is 10.0. The van der Waals surface area contributed by atoms with Gasteiger partial charge in [-0.3, -0.25) is 0 Å². The molecule has 0 bridgehead atoms. The van der Waals surface area contributed by atoms with E-state index in [9.17, 15) is 0 Å². The molecule has 0 N–H and O–H groups in total. The normalized spacial score (nSPS) is 11.8. The zero-order valence-corrected chi connectivity index (χ0v) is 12.4. The third kappa shape index (κ3) is 3.04. The molecule has 0 saturated carbocycles. The second-order valence-electron chi connectivity index (χ2n) is 4.37. The number of aryl methyl sites for hydroxylation is 2. The number of nitrogens with zero attached hydrogens (tertiary/aromatic N) is 2. The highest BCUT2D eigenvalue weighted by Crippen LogP contribution is 2.25. The fourth-order valence-corrected chi connectivity index (χ4v) is 2.86. The smallest absolute Gasteiger partial charge is 0.190 e. The van der Waals surface area contributed by atoms with E-state index in [4.69, 9.17) is 4.99 Å². The maximum Gasteiger partial charge on any atom is 0.190 e. The maximum absolute atomic E-state index is 4.89. The largest absolute Gasteiger partial charge is 0.320 e. The molecular formula is C16H20N2S. The van der Waals surface area contributed by atoms with Crippen LogP contribution in [0.3, 0.4) is 0 Å². The van der Waals surface area contributed by atoms with Gasteiger partial charge < -0.3 is 4.57 Å². The summed E-state index contributed by atoms with van der Waals surface area (Å²) in [6, 6.07) is 6.47. The number of hydrogen-bond donors (Lipinski definition) is 0. The van der Waals surface area contributed by atoms with Gasteiger partial charge in [0.05, 0.1) is 5.69 Å². The first-order chi connectivity index (χ1) is 9.30. The molecule has 0 amide bonds. The van der Waals surface area contributed by atoms with Crippen LogP contribution < -0.4 is 4.80 Å². The lowest BCUT2D eigenvalue weighted by Crippen LogP contribution is -2.12. The van der Waals surface area contributed by atoms with E-state index in [-0.39, 0.29) is 0 Å². The Morgan fingerprint density at radius 1 is 1.26 bits per heavy atom. The van der Waals surface area contributed by atoms with Gasteiger partial charge >= 0.3 is 0 Å². The lowest BCUT2D eigenvalue weighted by molar-refractivity contribution is 0.790. The predicted molar refractivity (Wildman–Crippen MR) is 82.9 cm³/mol. The molecule has 1 heterocycles. The molecule has 0 aliphatic rings. The third-order valence-corrected chi connectivity index (χ3v) is 3.95. The molecule has 0 unspecified atom stereocenters. The van der Waals surface area contributed by atoms with Crippen molar-refractivity contribution in [2.24, 2.45) is 4.99 Å². The van der Waals surface area contributed by atoms with Crippen molar-refractivity contribution in [1.82, 2.24) is 4.57 Å². The standard InChI is InChI=1S/C16H20N2S/c1-4-10-18-11-12-19-16(18)17-15-13(5-2)8-7-9-14(15)6-3/h4,7-9,11-12H,1,5-6,10H2,2-3H3. The molecule has 1 aromatic carbocycles. The van der Waals surface area contributed by atoms with Crippen LogP contribution in [-0.4, -0.2) is 4.57 Å². The highest BCUT2D eigenvalue weighted by Gasteiger charge is 2.05. The Hall–Kier alpha value is -1.61. The third-order valence-electron chi connectivity index (χ3n) is 3.16. The van der Waals surface area contributed by atoms with Crippen molar-refractivity contribution in [3.05, 3.63) is 58.4 Å². The van der Waals surface area contributed by atoms with Crippen molar-refractivity contribution in [3.63, 3.8) is 0 Å². The molecule has 19 heavy (non-hydrogen) atoms. The van der Waals surface area contributed by atoms with Gasteiger partial charge in [-0.2, -0.15) is 0 Å². The Morgan fingerprint density at radius 2 is 1.95 bits per heavy atom. The van der Waals surface area contributed by atoms with Crippen molar-refractivity contribution < 1.29 is 0 Å². The fourth-order valence-electron chi connectivity index (χ4n) is 2.12. The van der Waals surface area contributed by atoms with E-state index in [1.165, 1.54) is 11.1 Å². The van der Waals surface area contributed by atoms with E-state index >= 15 is 0 Å². The average molecular weight is 272 g/mol. The van der Waals surface area contributed by atoms with Gasteiger partial charge in [0.25, 0.3) is 0 Å². The van der Waals surface area contributed by atoms with Crippen LogP contribution in [0.1, 0.15) is 25.0 Å². The number of hydrogen-bond acceptors (Lipinski definition) is 2. The van der Waals surface area contributed by atoms with E-state index in [1.54, 1.807) is 11.3 Å². The van der Waals surface area contributed by atoms with Crippen LogP contribution in [-0.2, 0) is 19.4 Å². The van der Waals surface area contributed by atoms with E-state index in [0.29, 0.717) is 0 Å². The first-order valence-electron chi connectivity index (χ1n) is 6.70. The van der Waals surface area contributed by atoms with Crippen LogP contribution in [0, 0.1) is 0 Å². The molecule has 0 radical (unpaired) electrons. The SMILES string of the molecule is C=CCn1ccsc1=Nc1c(CC)cccc1CC. The van der Waals surface area contributed by atoms with Crippen molar-refractivity contribution in [2.45, 2.75) is 33.2 Å². The number of allylic oxidation sites excluding steroid dienone is 1. The van der Waals surface area contributed by atoms with Gasteiger partial charge in [0.2, 0.25) is 0 Å². The van der Waals surface area contributed by atoms with Gasteiger partial charge in [0.1, 0.15) is 0 Å². The van der Waals surface area contributed by atoms with E-state index in [0.717, 1.165) is 29.9 Å². The van der Waals surface area contributed by atoms with Crippen LogP contribution >= 0.6 is 11.3 Å². The number of aromatic nitrogens is 1. The molecule has 0 saturated heterocycles. The number of thiazole rings is 1. The van der Waals surface area contributed by atoms with Crippen molar-refractivity contribution in [2.75, 3.05) is 0 Å². The highest BCUT2D eigenvalue weighted by atomic mass is 32.1. The second kappa shape index (κ2) is 6.53. The summed E-state index contributed by atoms with van der Waals surface area (Å²) < 4.78 is 2.13. The summed E-state index contributed by atoms with van der Waals surface area (Å²) >= 11 is 1.67. The summed E-state index contributed by atoms with van der Waals surface area (Å²) in [6.07, 6.45) is 5.99. The monoisotopic (exact) mass is 272 g/mol. The minimum atomic E-state index is 0.804. The molecule has 2 rings (SSSR count). The number of benzene rings is 1. The molecular weight excluding hydrogens is 252 g/mol. The molecule has 2 nitrogen and oxygen atoms in total. The Labute approximate surface area is 118 Å². The molecule has 2 aromatic rings. The molecule has 0 aliphatic heterocycles. The van der Waals surface area contributed by atoms with Crippen molar-refractivity contribution in [1.29, 1.82) is 0 Å². The topological polar surface area (TPSA) is 17.3 Å². The van der Waals surface area contributed by atoms with Gasteiger partial charge in [-0.1, -0.05) is 38.1 Å². The van der Waals surface area contributed by atoms with Crippen LogP contribution in [0.2, 0.25) is 0 Å². The van der Waals surface area contributed by atoms with Crippen molar-refractivity contribution in [3.8, 4) is 0 Å². The van der Waals surface area contributed by atoms with Crippen LogP contribution in [0.5, 0.6) is 0 Å². The zero-order valence-electron chi connectivity index (χ0n) is 11.6. The average Bonchev–Trinajstić information content (AvgIpc) is 2.87. The van der Waals surface area contributed by atoms with Gasteiger partial charge in [0, 0.05) is 18.1 Å². The van der Waals surface area contributed by atoms with Crippen molar-refractivity contribution >= 4 is 17.0 Å². The summed E-state index contributed by atoms with van der Waals surface area (Å²) in [5.74, 6) is 0. The summed E-state index contributed by atoms with van der Waals surface area (Å²) in [7, 11) is 0. The Kier molecular flexibility index (Phi) is 4.74. The Morgan fingerprint density at radius 3 is 2.53 bits per heavy atom. The minimum absolute atomic E-state index is 0.804. The molecule has 0 spiro atoms. The number of para-hydroxylation sites is 1. The fraction of sp³-hybridized carbons (Fsp3) is 0.312. The molecule has 3 heteroatoms. The minimum Gasteiger partial charge on any atom is -0.320 e. The predicted octanol–water partition coefficient (Wildman–Crippen LogP) is 4.09. The van der Waals surface area contributed by atoms with Gasteiger partial charge in [-0.05, 0) is 24.0 Å². The quantitative estimate of drug-likeness (QED) is 0.729. The maximum atomic E-state index is 4.89. The van der Waals surface area contributed by atoms with E-state index in [2.05, 4.69) is 54.8 Å². The Balaban J connectivity index is 2.58. The van der Waals surface area contributed by atoms with Gasteiger partial charge in [0.15, 0.2) is 4.80 Å². The summed E-state index contributed by atoms with van der Waals surface area (Å²) in [5, 5.41) is 2.07.